The van der Waals surface area contributed by atoms with Crippen molar-refractivity contribution in [3.05, 3.63) is 87.3 Å². The van der Waals surface area contributed by atoms with E-state index in [1.165, 1.54) is 6.26 Å². The summed E-state index contributed by atoms with van der Waals surface area (Å²) in [5, 5.41) is 3.16. The van der Waals surface area contributed by atoms with Gasteiger partial charge in [-0.15, -0.1) is 11.3 Å². The zero-order chi connectivity index (χ0) is 30.9. The second-order valence-corrected chi connectivity index (χ2v) is 14.5. The van der Waals surface area contributed by atoms with Gasteiger partial charge in [0.25, 0.3) is 5.91 Å². The van der Waals surface area contributed by atoms with Crippen LogP contribution in [0, 0.1) is 11.6 Å². The van der Waals surface area contributed by atoms with Crippen molar-refractivity contribution in [2.75, 3.05) is 20.4 Å². The summed E-state index contributed by atoms with van der Waals surface area (Å²) in [5.74, 6) is -1.12. The molecule has 0 unspecified atom stereocenters. The molecule has 1 aromatic heterocycles. The minimum absolute atomic E-state index is 0.0195. The Balaban J connectivity index is 1.52. The van der Waals surface area contributed by atoms with Gasteiger partial charge in [0.15, 0.2) is 9.84 Å². The van der Waals surface area contributed by atoms with Gasteiger partial charge in [0.2, 0.25) is 0 Å². The topological polar surface area (TPSA) is 75.7 Å². The van der Waals surface area contributed by atoms with E-state index in [1.54, 1.807) is 24.1 Å². The molecule has 1 N–H and O–H groups in total. The number of methoxy groups -OCH3 is 1. The second-order valence-electron chi connectivity index (χ2n) is 11.0. The second kappa shape index (κ2) is 12.9. The minimum Gasteiger partial charge on any atom is -0.496 e. The van der Waals surface area contributed by atoms with Gasteiger partial charge in [-0.2, -0.15) is 0 Å². The van der Waals surface area contributed by atoms with Crippen LogP contribution >= 0.6 is 22.9 Å². The number of nitrogens with zero attached hydrogens (tertiary/aromatic N) is 1. The Morgan fingerprint density at radius 1 is 1.02 bits per heavy atom. The first-order chi connectivity index (χ1) is 20.5. The lowest BCUT2D eigenvalue weighted by Crippen LogP contribution is -2.44. The number of fused-ring (bicyclic) bond motifs is 1. The molecule has 1 heterocycles. The Kier molecular flexibility index (Phi) is 9.41. The van der Waals surface area contributed by atoms with Gasteiger partial charge >= 0.3 is 0 Å². The molecule has 4 aromatic rings. The largest absolute Gasteiger partial charge is 0.496 e. The molecule has 11 heteroatoms. The van der Waals surface area contributed by atoms with Gasteiger partial charge in [0, 0.05) is 30.4 Å². The smallest absolute Gasteiger partial charge is 0.266 e. The lowest BCUT2D eigenvalue weighted by molar-refractivity contribution is 0.0604. The van der Waals surface area contributed by atoms with Crippen LogP contribution in [0.1, 0.15) is 46.5 Å². The minimum atomic E-state index is -3.16. The summed E-state index contributed by atoms with van der Waals surface area (Å²) in [5.41, 5.74) is 3.21. The molecule has 1 fully saturated rings. The highest BCUT2D eigenvalue weighted by Gasteiger charge is 2.33. The van der Waals surface area contributed by atoms with Crippen molar-refractivity contribution in [3.63, 3.8) is 0 Å². The van der Waals surface area contributed by atoms with E-state index in [-0.39, 0.29) is 44.2 Å². The normalized spacial score (nSPS) is 17.3. The Morgan fingerprint density at radius 3 is 2.28 bits per heavy atom. The molecule has 43 heavy (non-hydrogen) atoms. The molecule has 6 nitrogen and oxygen atoms in total. The third-order valence-electron chi connectivity index (χ3n) is 8.02. The average molecular weight is 647 g/mol. The predicted molar refractivity (Wildman–Crippen MR) is 169 cm³/mol. The summed E-state index contributed by atoms with van der Waals surface area (Å²) < 4.78 is 58.4. The Morgan fingerprint density at radius 2 is 1.67 bits per heavy atom. The van der Waals surface area contributed by atoms with Gasteiger partial charge in [-0.3, -0.25) is 4.79 Å². The molecule has 228 valence electrons. The van der Waals surface area contributed by atoms with Crippen molar-refractivity contribution in [3.8, 4) is 16.9 Å². The molecule has 0 radical (unpaired) electrons. The molecule has 0 spiro atoms. The van der Waals surface area contributed by atoms with E-state index in [1.807, 2.05) is 37.4 Å². The van der Waals surface area contributed by atoms with Gasteiger partial charge in [-0.1, -0.05) is 41.9 Å². The SMILES string of the molecule is CN[C@H]1CC[C@@H](N(Cc2cc(-c3ccc(CS(C)(=O)=O)cc3)ccc2OC)C(=O)c2sc3c(F)ccc(F)c3c2Cl)CC1. The quantitative estimate of drug-likeness (QED) is 0.208. The van der Waals surface area contributed by atoms with Crippen LogP contribution in [0.2, 0.25) is 5.02 Å². The maximum Gasteiger partial charge on any atom is 0.266 e. The zero-order valence-corrected chi connectivity index (χ0v) is 26.5. The van der Waals surface area contributed by atoms with Crippen LogP contribution in [0.15, 0.2) is 54.6 Å². The monoisotopic (exact) mass is 646 g/mol. The maximum atomic E-state index is 14.7. The van der Waals surface area contributed by atoms with Crippen LogP contribution in [0.3, 0.4) is 0 Å². The molecule has 0 atom stereocenters. The lowest BCUT2D eigenvalue weighted by atomic mass is 9.89. The maximum absolute atomic E-state index is 14.7. The third kappa shape index (κ3) is 6.87. The number of benzene rings is 3. The molecule has 5 rings (SSSR count). The van der Waals surface area contributed by atoms with Crippen LogP contribution < -0.4 is 10.1 Å². The summed E-state index contributed by atoms with van der Waals surface area (Å²) in [6.45, 7) is 0.201. The molecular weight excluding hydrogens is 614 g/mol. The number of sulfone groups is 1. The number of halogens is 3. The van der Waals surface area contributed by atoms with Gasteiger partial charge in [-0.25, -0.2) is 17.2 Å². The molecule has 1 aliphatic carbocycles. The number of carbonyl (C=O) groups excluding carboxylic acids is 1. The van der Waals surface area contributed by atoms with Crippen LogP contribution in [-0.4, -0.2) is 51.7 Å². The van der Waals surface area contributed by atoms with Gasteiger partial charge in [-0.05, 0) is 73.7 Å². The number of carbonyl (C=O) groups is 1. The van der Waals surface area contributed by atoms with E-state index in [0.29, 0.717) is 17.4 Å². The number of rotatable bonds is 9. The molecule has 1 amide bonds. The lowest BCUT2D eigenvalue weighted by Gasteiger charge is -2.37. The number of ether oxygens (including phenoxy) is 1. The van der Waals surface area contributed by atoms with Crippen molar-refractivity contribution in [2.45, 2.75) is 50.1 Å². The highest BCUT2D eigenvalue weighted by molar-refractivity contribution is 7.89. The van der Waals surface area contributed by atoms with E-state index >= 15 is 0 Å². The molecule has 3 aromatic carbocycles. The fraction of sp³-hybridized carbons (Fsp3) is 0.344. The van der Waals surface area contributed by atoms with Crippen LogP contribution in [0.5, 0.6) is 5.75 Å². The van der Waals surface area contributed by atoms with E-state index in [2.05, 4.69) is 5.32 Å². The van der Waals surface area contributed by atoms with E-state index in [0.717, 1.165) is 65.8 Å². The summed E-state index contributed by atoms with van der Waals surface area (Å²) in [4.78, 5) is 16.1. The number of thiophene rings is 1. The molecule has 0 aliphatic heterocycles. The van der Waals surface area contributed by atoms with E-state index < -0.39 is 21.5 Å². The number of hydrogen-bond acceptors (Lipinski definition) is 6. The fourth-order valence-corrected chi connectivity index (χ4v) is 8.07. The van der Waals surface area contributed by atoms with Crippen molar-refractivity contribution in [1.82, 2.24) is 10.2 Å². The standard InChI is InChI=1S/C32H33ClF2N2O4S2/c1-36-23-9-11-24(12-10-23)37(32(38)31-29(33)28-25(34)13-14-26(35)30(28)42-31)17-22-16-21(8-15-27(22)41-2)20-6-4-19(5-7-20)18-43(3,39)40/h4-8,13-16,23-24,36H,9-12,17-18H2,1-3H3/t23-,24+. The van der Waals surface area contributed by atoms with E-state index in [4.69, 9.17) is 16.3 Å². The first kappa shape index (κ1) is 31.4. The van der Waals surface area contributed by atoms with Gasteiger partial charge in [0.1, 0.15) is 22.3 Å². The van der Waals surface area contributed by atoms with E-state index in [9.17, 15) is 22.0 Å². The zero-order valence-electron chi connectivity index (χ0n) is 24.1. The Bertz CT molecular complexity index is 1750. The third-order valence-corrected chi connectivity index (χ3v) is 10.6. The fourth-order valence-electron chi connectivity index (χ4n) is 5.77. The van der Waals surface area contributed by atoms with Crippen molar-refractivity contribution < 1.29 is 26.7 Å². The highest BCUT2D eigenvalue weighted by Crippen LogP contribution is 2.40. The Hall–Kier alpha value is -3.05. The molecule has 1 aliphatic rings. The average Bonchev–Trinajstić information content (AvgIpc) is 3.35. The van der Waals surface area contributed by atoms with Crippen LogP contribution in [-0.2, 0) is 22.1 Å². The van der Waals surface area contributed by atoms with Crippen molar-refractivity contribution >= 4 is 48.8 Å². The molecule has 0 saturated heterocycles. The van der Waals surface area contributed by atoms with Crippen molar-refractivity contribution in [1.29, 1.82) is 0 Å². The van der Waals surface area contributed by atoms with Gasteiger partial charge < -0.3 is 15.0 Å². The summed E-state index contributed by atoms with van der Waals surface area (Å²) >= 11 is 7.43. The van der Waals surface area contributed by atoms with Crippen molar-refractivity contribution in [2.24, 2.45) is 0 Å². The first-order valence-corrected chi connectivity index (χ1v) is 17.2. The van der Waals surface area contributed by atoms with Crippen LogP contribution in [0.25, 0.3) is 21.2 Å². The molecule has 1 saturated carbocycles. The predicted octanol–water partition coefficient (Wildman–Crippen LogP) is 7.23. The molecular formula is C32H33ClF2N2O4S2. The summed E-state index contributed by atoms with van der Waals surface area (Å²) in [6, 6.07) is 15.3. The number of hydrogen-bond donors (Lipinski definition) is 1. The number of amides is 1. The number of nitrogens with one attached hydrogen (secondary N) is 1. The summed E-state index contributed by atoms with van der Waals surface area (Å²) in [6.07, 6.45) is 4.48. The molecule has 0 bridgehead atoms. The Labute approximate surface area is 259 Å². The highest BCUT2D eigenvalue weighted by atomic mass is 35.5. The van der Waals surface area contributed by atoms with Gasteiger partial charge in [0.05, 0.1) is 28.0 Å². The first-order valence-electron chi connectivity index (χ1n) is 14.0. The summed E-state index contributed by atoms with van der Waals surface area (Å²) in [7, 11) is 0.339. The van der Waals surface area contributed by atoms with Crippen LogP contribution in [0.4, 0.5) is 8.78 Å².